The van der Waals surface area contributed by atoms with E-state index < -0.39 is 0 Å². The van der Waals surface area contributed by atoms with Crippen LogP contribution >= 0.6 is 0 Å². The number of nitrogens with two attached hydrogens (primary N) is 1. The predicted molar refractivity (Wildman–Crippen MR) is 48.1 cm³/mol. The van der Waals surface area contributed by atoms with Gasteiger partial charge in [-0.15, -0.1) is 0 Å². The second-order valence-electron chi connectivity index (χ2n) is 2.76. The molecular weight excluding hydrogens is 136 g/mol. The van der Waals surface area contributed by atoms with Crippen molar-refractivity contribution >= 4 is 0 Å². The third-order valence-electron chi connectivity index (χ3n) is 1.78. The van der Waals surface area contributed by atoms with Crippen LogP contribution < -0.4 is 5.73 Å². The molecular formula is C9H16N2. The minimum Gasteiger partial charge on any atom is -0.374 e. The van der Waals surface area contributed by atoms with Gasteiger partial charge in [0.05, 0.1) is 0 Å². The Hall–Kier alpha value is -0.760. The first kappa shape index (κ1) is 8.34. The molecule has 11 heavy (non-hydrogen) atoms. The van der Waals surface area contributed by atoms with Crippen LogP contribution in [0.4, 0.5) is 0 Å². The molecule has 0 aromatic heterocycles. The van der Waals surface area contributed by atoms with Gasteiger partial charge >= 0.3 is 0 Å². The van der Waals surface area contributed by atoms with Gasteiger partial charge in [0.25, 0.3) is 0 Å². The molecule has 0 fully saturated rings. The zero-order chi connectivity index (χ0) is 7.94. The first-order valence-electron chi connectivity index (χ1n) is 4.21. The molecule has 1 heterocycles. The summed E-state index contributed by atoms with van der Waals surface area (Å²) in [7, 11) is 0. The van der Waals surface area contributed by atoms with Crippen molar-refractivity contribution in [3.8, 4) is 0 Å². The van der Waals surface area contributed by atoms with Gasteiger partial charge in [-0.1, -0.05) is 12.2 Å². The number of hydrogen-bond acceptors (Lipinski definition) is 2. The van der Waals surface area contributed by atoms with Gasteiger partial charge in [-0.05, 0) is 31.7 Å². The van der Waals surface area contributed by atoms with E-state index in [1.54, 1.807) is 0 Å². The Balaban J connectivity index is 2.07. The van der Waals surface area contributed by atoms with Crippen molar-refractivity contribution in [3.63, 3.8) is 0 Å². The van der Waals surface area contributed by atoms with Crippen LogP contribution in [0.3, 0.4) is 0 Å². The van der Waals surface area contributed by atoms with Gasteiger partial charge in [0.2, 0.25) is 0 Å². The minimum atomic E-state index is 0.813. The highest BCUT2D eigenvalue weighted by Crippen LogP contribution is 2.00. The largest absolute Gasteiger partial charge is 0.374 e. The van der Waals surface area contributed by atoms with E-state index in [1.807, 2.05) is 0 Å². The van der Waals surface area contributed by atoms with Gasteiger partial charge in [-0.25, -0.2) is 0 Å². The summed E-state index contributed by atoms with van der Waals surface area (Å²) in [6, 6.07) is 0. The van der Waals surface area contributed by atoms with Gasteiger partial charge in [-0.3, -0.25) is 0 Å². The van der Waals surface area contributed by atoms with E-state index in [0.717, 1.165) is 26.1 Å². The lowest BCUT2D eigenvalue weighted by Gasteiger charge is -2.19. The molecule has 0 saturated carbocycles. The molecule has 1 aliphatic heterocycles. The second kappa shape index (κ2) is 4.97. The van der Waals surface area contributed by atoms with Gasteiger partial charge in [0.15, 0.2) is 0 Å². The Labute approximate surface area is 68.4 Å². The third kappa shape index (κ3) is 3.23. The van der Waals surface area contributed by atoms with Crippen molar-refractivity contribution in [2.45, 2.75) is 12.8 Å². The summed E-state index contributed by atoms with van der Waals surface area (Å²) in [6.45, 7) is 3.01. The van der Waals surface area contributed by atoms with Crippen LogP contribution in [-0.4, -0.2) is 24.5 Å². The van der Waals surface area contributed by atoms with Crippen LogP contribution in [0.2, 0.25) is 0 Å². The van der Waals surface area contributed by atoms with Crippen LogP contribution in [0.5, 0.6) is 0 Å². The van der Waals surface area contributed by atoms with Crippen molar-refractivity contribution in [3.05, 3.63) is 24.4 Å². The van der Waals surface area contributed by atoms with Gasteiger partial charge in [0, 0.05) is 13.1 Å². The molecule has 2 N–H and O–H groups in total. The Morgan fingerprint density at radius 2 is 2.18 bits per heavy atom. The van der Waals surface area contributed by atoms with Gasteiger partial charge in [-0.2, -0.15) is 0 Å². The van der Waals surface area contributed by atoms with Crippen LogP contribution in [0.1, 0.15) is 12.8 Å². The molecule has 0 saturated heterocycles. The van der Waals surface area contributed by atoms with E-state index in [9.17, 15) is 0 Å². The predicted octanol–water partition coefficient (Wildman–Crippen LogP) is 1.11. The minimum absolute atomic E-state index is 0.813. The molecule has 0 amide bonds. The van der Waals surface area contributed by atoms with Crippen molar-refractivity contribution < 1.29 is 0 Å². The summed E-state index contributed by atoms with van der Waals surface area (Å²) >= 11 is 0. The molecule has 0 unspecified atom stereocenters. The fourth-order valence-electron chi connectivity index (χ4n) is 1.13. The molecule has 1 rings (SSSR count). The number of rotatable bonds is 4. The zero-order valence-corrected chi connectivity index (χ0v) is 6.87. The highest BCUT2D eigenvalue weighted by atomic mass is 15.1. The number of hydrogen-bond donors (Lipinski definition) is 1. The second-order valence-corrected chi connectivity index (χ2v) is 2.76. The van der Waals surface area contributed by atoms with Crippen LogP contribution in [-0.2, 0) is 0 Å². The third-order valence-corrected chi connectivity index (χ3v) is 1.78. The molecule has 1 aliphatic rings. The molecule has 0 atom stereocenters. The van der Waals surface area contributed by atoms with E-state index in [-0.39, 0.29) is 0 Å². The Bertz CT molecular complexity index is 150. The first-order valence-corrected chi connectivity index (χ1v) is 4.21. The number of allylic oxidation sites excluding steroid dienone is 2. The lowest BCUT2D eigenvalue weighted by Crippen LogP contribution is -2.20. The van der Waals surface area contributed by atoms with Crippen molar-refractivity contribution in [1.29, 1.82) is 0 Å². The Morgan fingerprint density at radius 3 is 2.82 bits per heavy atom. The normalized spacial score (nSPS) is 15.9. The highest BCUT2D eigenvalue weighted by molar-refractivity contribution is 5.08. The topological polar surface area (TPSA) is 29.3 Å². The van der Waals surface area contributed by atoms with Crippen molar-refractivity contribution in [2.75, 3.05) is 19.6 Å². The SMILES string of the molecule is NCCCCN1C=CC=CC1. The average Bonchev–Trinajstić information content (AvgIpc) is 2.07. The lowest BCUT2D eigenvalue weighted by molar-refractivity contribution is 0.398. The summed E-state index contributed by atoms with van der Waals surface area (Å²) in [6.07, 6.45) is 10.8. The summed E-state index contributed by atoms with van der Waals surface area (Å²) in [5.41, 5.74) is 5.39. The van der Waals surface area contributed by atoms with E-state index in [0.29, 0.717) is 0 Å². The maximum absolute atomic E-state index is 5.39. The summed E-state index contributed by atoms with van der Waals surface area (Å²) in [5.74, 6) is 0. The molecule has 0 aliphatic carbocycles. The van der Waals surface area contributed by atoms with Crippen LogP contribution in [0.15, 0.2) is 24.4 Å². The molecule has 2 nitrogen and oxygen atoms in total. The molecule has 0 spiro atoms. The summed E-state index contributed by atoms with van der Waals surface area (Å²) in [5, 5.41) is 0. The van der Waals surface area contributed by atoms with Crippen molar-refractivity contribution in [2.24, 2.45) is 5.73 Å². The fraction of sp³-hybridized carbons (Fsp3) is 0.556. The summed E-state index contributed by atoms with van der Waals surface area (Å²) in [4.78, 5) is 2.30. The molecule has 0 radical (unpaired) electrons. The molecule has 2 heteroatoms. The zero-order valence-electron chi connectivity index (χ0n) is 6.87. The van der Waals surface area contributed by atoms with Gasteiger partial charge < -0.3 is 10.6 Å². The molecule has 62 valence electrons. The highest BCUT2D eigenvalue weighted by Gasteiger charge is 1.97. The van der Waals surface area contributed by atoms with E-state index in [2.05, 4.69) is 29.3 Å². The monoisotopic (exact) mass is 152 g/mol. The summed E-state index contributed by atoms with van der Waals surface area (Å²) < 4.78 is 0. The maximum Gasteiger partial charge on any atom is 0.0357 e. The number of unbranched alkanes of at least 4 members (excludes halogenated alkanes) is 1. The van der Waals surface area contributed by atoms with Crippen LogP contribution in [0.25, 0.3) is 0 Å². The quantitative estimate of drug-likeness (QED) is 0.611. The Morgan fingerprint density at radius 1 is 1.27 bits per heavy atom. The smallest absolute Gasteiger partial charge is 0.0357 e. The standard InChI is InChI=1S/C9H16N2/c10-6-2-5-9-11-7-3-1-4-8-11/h1,3-4,7H,2,5-6,8-10H2. The molecule has 0 aromatic rings. The van der Waals surface area contributed by atoms with Crippen LogP contribution in [0, 0.1) is 0 Å². The van der Waals surface area contributed by atoms with E-state index in [4.69, 9.17) is 5.73 Å². The lowest BCUT2D eigenvalue weighted by atomic mass is 10.2. The first-order chi connectivity index (χ1) is 5.43. The average molecular weight is 152 g/mol. The molecule has 0 bridgehead atoms. The van der Waals surface area contributed by atoms with E-state index in [1.165, 1.54) is 6.42 Å². The maximum atomic E-state index is 5.39. The molecule has 0 aromatic carbocycles. The fourth-order valence-corrected chi connectivity index (χ4v) is 1.13. The number of nitrogens with zero attached hydrogens (tertiary/aromatic N) is 1. The van der Waals surface area contributed by atoms with E-state index >= 15 is 0 Å². The Kier molecular flexibility index (Phi) is 3.76. The van der Waals surface area contributed by atoms with Crippen molar-refractivity contribution in [1.82, 2.24) is 4.90 Å². The van der Waals surface area contributed by atoms with Gasteiger partial charge in [0.1, 0.15) is 0 Å².